The first-order chi connectivity index (χ1) is 24.4. The van der Waals surface area contributed by atoms with Crippen LogP contribution in [-0.4, -0.2) is 23.4 Å². The van der Waals surface area contributed by atoms with Crippen LogP contribution in [0.3, 0.4) is 0 Å². The van der Waals surface area contributed by atoms with Crippen molar-refractivity contribution in [2.45, 2.75) is 11.3 Å². The maximum atomic E-state index is 15.7. The van der Waals surface area contributed by atoms with E-state index in [-0.39, 0.29) is 32.8 Å². The number of fused-ring (bicyclic) bond motifs is 2. The molecular weight excluding hydrogens is 829 g/mol. The first-order valence-electron chi connectivity index (χ1n) is 15.1. The number of benzene rings is 4. The van der Waals surface area contributed by atoms with Gasteiger partial charge < -0.3 is 10.6 Å². The third-order valence-electron chi connectivity index (χ3n) is 8.41. The lowest BCUT2D eigenvalue weighted by Gasteiger charge is -2.28. The fourth-order valence-corrected chi connectivity index (χ4v) is 8.64. The van der Waals surface area contributed by atoms with Gasteiger partial charge in [0.05, 0.1) is 11.1 Å². The Kier molecular flexibility index (Phi) is 9.17. The number of anilines is 2. The van der Waals surface area contributed by atoms with Gasteiger partial charge in [-0.05, 0) is 35.4 Å². The van der Waals surface area contributed by atoms with Gasteiger partial charge in [0.15, 0.2) is 5.13 Å². The number of alkyl halides is 2. The zero-order chi connectivity index (χ0) is 36.1. The molecule has 13 heteroatoms. The molecule has 2 N–H and O–H groups in total. The van der Waals surface area contributed by atoms with Gasteiger partial charge in [0.25, 0.3) is 23.2 Å². The van der Waals surface area contributed by atoms with Crippen LogP contribution in [0, 0.1) is 5.13 Å². The molecule has 0 saturated heterocycles. The fourth-order valence-electron chi connectivity index (χ4n) is 5.94. The highest BCUT2D eigenvalue weighted by atomic mass is 79.9. The highest BCUT2D eigenvalue weighted by Crippen LogP contribution is 2.48. The van der Waals surface area contributed by atoms with Crippen molar-refractivity contribution in [1.29, 1.82) is 0 Å². The second kappa shape index (κ2) is 13.5. The van der Waals surface area contributed by atoms with E-state index in [1.54, 1.807) is 53.9 Å². The summed E-state index contributed by atoms with van der Waals surface area (Å²) in [6, 6.07) is 29.4. The van der Waals surface area contributed by atoms with Gasteiger partial charge in [0.1, 0.15) is 10.0 Å². The molecule has 8 rings (SSSR count). The Morgan fingerprint density at radius 3 is 1.61 bits per heavy atom. The number of thiophene rings is 2. The standard InChI is InChI=1S/C19H10BrF2NO2S.C19H11BrFNO2S/c20-12-8-4-5-10(9-12)13-14-15(24)19(22,11-6-2-1-3-7-11)18(25)23-17(14)26-16(13)21;20-13-8-4-5-11(9-13)14-10-25-17-15(14)16(23)19(21,18(24)22-17)12-6-2-1-3-7-12/h1-9H,(H,23,25);1-10H,(H,22,24). The molecule has 2 aliphatic rings. The largest absolute Gasteiger partial charge is 0.314 e. The molecule has 2 unspecified atom stereocenters. The van der Waals surface area contributed by atoms with Gasteiger partial charge in [-0.25, -0.2) is 8.78 Å². The quantitative estimate of drug-likeness (QED) is 0.173. The second-order valence-electron chi connectivity index (χ2n) is 11.4. The van der Waals surface area contributed by atoms with Gasteiger partial charge in [0, 0.05) is 36.6 Å². The monoisotopic (exact) mass is 848 g/mol. The van der Waals surface area contributed by atoms with Crippen LogP contribution in [0.15, 0.2) is 124 Å². The van der Waals surface area contributed by atoms with Crippen LogP contribution >= 0.6 is 54.5 Å². The summed E-state index contributed by atoms with van der Waals surface area (Å²) in [4.78, 5) is 50.8. The van der Waals surface area contributed by atoms with Crippen LogP contribution in [0.25, 0.3) is 22.3 Å². The number of Topliss-reactive ketones (excluding diaryl/α,β-unsaturated/α-hetero) is 2. The number of carbonyl (C=O) groups is 4. The Balaban J connectivity index is 0.000000159. The van der Waals surface area contributed by atoms with Crippen LogP contribution in [0.4, 0.5) is 23.2 Å². The third kappa shape index (κ3) is 5.87. The molecule has 0 spiro atoms. The molecule has 0 saturated carbocycles. The van der Waals surface area contributed by atoms with E-state index < -0.39 is 39.8 Å². The molecule has 2 aromatic heterocycles. The zero-order valence-corrected chi connectivity index (χ0v) is 30.6. The fraction of sp³-hybridized carbons (Fsp3) is 0.0526. The number of ketones is 2. The lowest BCUT2D eigenvalue weighted by molar-refractivity contribution is -0.126. The summed E-state index contributed by atoms with van der Waals surface area (Å²) in [5, 5.41) is 6.43. The van der Waals surface area contributed by atoms with Crippen molar-refractivity contribution in [3.8, 4) is 22.3 Å². The van der Waals surface area contributed by atoms with Crippen molar-refractivity contribution in [2.24, 2.45) is 0 Å². The van der Waals surface area contributed by atoms with Gasteiger partial charge in [-0.1, -0.05) is 128 Å². The van der Waals surface area contributed by atoms with Crippen molar-refractivity contribution in [3.05, 3.63) is 151 Å². The smallest absolute Gasteiger partial charge is 0.275 e. The topological polar surface area (TPSA) is 92.3 Å². The molecule has 2 atom stereocenters. The highest BCUT2D eigenvalue weighted by molar-refractivity contribution is 9.10. The SMILES string of the molecule is O=C1Nc2sc(F)c(-c3cccc(Br)c3)c2C(=O)C1(F)c1ccccc1.O=C1Nc2scc(-c3cccc(Br)c3)c2C(=O)C1(F)c1ccccc1. The van der Waals surface area contributed by atoms with E-state index in [2.05, 4.69) is 42.5 Å². The average molecular weight is 851 g/mol. The molecular formula is C38H21Br2F3N2O4S2. The van der Waals surface area contributed by atoms with E-state index in [9.17, 15) is 23.6 Å². The predicted octanol–water partition coefficient (Wildman–Crippen LogP) is 10.5. The normalized spacial score (nSPS) is 19.3. The molecule has 0 fully saturated rings. The molecule has 51 heavy (non-hydrogen) atoms. The summed E-state index contributed by atoms with van der Waals surface area (Å²) in [6.07, 6.45) is 0. The van der Waals surface area contributed by atoms with E-state index in [1.165, 1.54) is 47.7 Å². The molecule has 254 valence electrons. The minimum Gasteiger partial charge on any atom is -0.314 e. The molecule has 6 nitrogen and oxygen atoms in total. The van der Waals surface area contributed by atoms with Gasteiger partial charge in [-0.15, -0.1) is 11.3 Å². The first kappa shape index (κ1) is 34.7. The lowest BCUT2D eigenvalue weighted by Crippen LogP contribution is -2.47. The number of hydrogen-bond acceptors (Lipinski definition) is 6. The summed E-state index contributed by atoms with van der Waals surface area (Å²) >= 11 is 8.55. The summed E-state index contributed by atoms with van der Waals surface area (Å²) in [6.45, 7) is 0. The van der Waals surface area contributed by atoms with Crippen LogP contribution in [0.1, 0.15) is 31.8 Å². The van der Waals surface area contributed by atoms with Crippen molar-refractivity contribution >= 4 is 87.9 Å². The Morgan fingerprint density at radius 2 is 1.06 bits per heavy atom. The molecule has 2 amide bonds. The minimum atomic E-state index is -2.90. The van der Waals surface area contributed by atoms with Crippen LogP contribution in [0.2, 0.25) is 0 Å². The average Bonchev–Trinajstić information content (AvgIpc) is 3.71. The van der Waals surface area contributed by atoms with Crippen molar-refractivity contribution in [1.82, 2.24) is 0 Å². The number of halogens is 5. The van der Waals surface area contributed by atoms with Crippen molar-refractivity contribution in [3.63, 3.8) is 0 Å². The number of carbonyl (C=O) groups excluding carboxylic acids is 4. The maximum Gasteiger partial charge on any atom is 0.275 e. The summed E-state index contributed by atoms with van der Waals surface area (Å²) in [7, 11) is 0. The highest BCUT2D eigenvalue weighted by Gasteiger charge is 2.55. The molecule has 6 aromatic rings. The lowest BCUT2D eigenvalue weighted by atomic mass is 9.83. The first-order valence-corrected chi connectivity index (χ1v) is 18.4. The van der Waals surface area contributed by atoms with Crippen LogP contribution in [-0.2, 0) is 20.9 Å². The van der Waals surface area contributed by atoms with Crippen LogP contribution in [0.5, 0.6) is 0 Å². The number of nitrogens with one attached hydrogen (secondary N) is 2. The van der Waals surface area contributed by atoms with Gasteiger partial charge in [-0.3, -0.25) is 19.2 Å². The third-order valence-corrected chi connectivity index (χ3v) is 11.2. The van der Waals surface area contributed by atoms with Gasteiger partial charge in [-0.2, -0.15) is 4.39 Å². The number of hydrogen-bond donors (Lipinski definition) is 2. The number of amides is 2. The van der Waals surface area contributed by atoms with E-state index in [1.807, 2.05) is 24.3 Å². The Labute approximate surface area is 313 Å². The summed E-state index contributed by atoms with van der Waals surface area (Å²) < 4.78 is 47.5. The Morgan fingerprint density at radius 1 is 0.569 bits per heavy atom. The van der Waals surface area contributed by atoms with Crippen molar-refractivity contribution in [2.75, 3.05) is 10.6 Å². The van der Waals surface area contributed by atoms with Crippen molar-refractivity contribution < 1.29 is 32.3 Å². The van der Waals surface area contributed by atoms with Gasteiger partial charge in [0.2, 0.25) is 11.6 Å². The number of rotatable bonds is 4. The molecule has 0 aliphatic carbocycles. The van der Waals surface area contributed by atoms with Crippen LogP contribution < -0.4 is 10.6 Å². The molecule has 2 aliphatic heterocycles. The van der Waals surface area contributed by atoms with E-state index in [0.717, 1.165) is 10.0 Å². The zero-order valence-electron chi connectivity index (χ0n) is 25.8. The second-order valence-corrected chi connectivity index (χ2v) is 15.1. The maximum absolute atomic E-state index is 15.7. The van der Waals surface area contributed by atoms with E-state index >= 15 is 8.78 Å². The summed E-state index contributed by atoms with van der Waals surface area (Å²) in [5.41, 5.74) is -3.78. The molecule has 0 radical (unpaired) electrons. The minimum absolute atomic E-state index is 0.00532. The predicted molar refractivity (Wildman–Crippen MR) is 199 cm³/mol. The van der Waals surface area contributed by atoms with E-state index in [0.29, 0.717) is 31.9 Å². The Bertz CT molecular complexity index is 2390. The van der Waals surface area contributed by atoms with E-state index in [4.69, 9.17) is 0 Å². The Hall–Kier alpha value is -4.69. The van der Waals surface area contributed by atoms with Gasteiger partial charge >= 0.3 is 0 Å². The molecule has 4 aromatic carbocycles. The summed E-state index contributed by atoms with van der Waals surface area (Å²) in [5.74, 6) is -3.94. The molecule has 0 bridgehead atoms. The molecule has 4 heterocycles.